The van der Waals surface area contributed by atoms with E-state index in [1.807, 2.05) is 0 Å². The summed E-state index contributed by atoms with van der Waals surface area (Å²) >= 11 is 0. The van der Waals surface area contributed by atoms with Crippen molar-refractivity contribution in [2.45, 2.75) is 31.3 Å². The molecule has 1 fully saturated rings. The number of amides is 2. The van der Waals surface area contributed by atoms with Gasteiger partial charge in [0.2, 0.25) is 11.8 Å². The molecule has 0 radical (unpaired) electrons. The van der Waals surface area contributed by atoms with Crippen molar-refractivity contribution < 1.29 is 9.59 Å². The minimum absolute atomic E-state index is 0.0460. The van der Waals surface area contributed by atoms with Gasteiger partial charge in [-0.25, -0.2) is 0 Å². The van der Waals surface area contributed by atoms with Gasteiger partial charge in [-0.3, -0.25) is 9.59 Å². The maximum atomic E-state index is 11.4. The molecule has 0 aromatic rings. The molecule has 0 aliphatic carbocycles. The zero-order chi connectivity index (χ0) is 11.3. The average molecular weight is 211 g/mol. The van der Waals surface area contributed by atoms with Crippen molar-refractivity contribution in [3.63, 3.8) is 0 Å². The lowest BCUT2D eigenvalue weighted by molar-refractivity contribution is -0.123. The van der Waals surface area contributed by atoms with E-state index in [0.29, 0.717) is 19.4 Å². The molecule has 1 aliphatic rings. The van der Waals surface area contributed by atoms with Crippen molar-refractivity contribution in [3.8, 4) is 0 Å². The Balaban J connectivity index is 2.21. The van der Waals surface area contributed by atoms with Crippen LogP contribution in [0.2, 0.25) is 0 Å². The maximum Gasteiger partial charge on any atom is 0.237 e. The maximum absolute atomic E-state index is 11.4. The van der Waals surface area contributed by atoms with Crippen LogP contribution in [0.25, 0.3) is 0 Å². The fourth-order valence-corrected chi connectivity index (χ4v) is 1.47. The Labute approximate surface area is 89.1 Å². The van der Waals surface area contributed by atoms with Gasteiger partial charge in [0.1, 0.15) is 0 Å². The molecular formula is C10H17N3O2. The van der Waals surface area contributed by atoms with Gasteiger partial charge in [0.15, 0.2) is 0 Å². The summed E-state index contributed by atoms with van der Waals surface area (Å²) in [5, 5.41) is 5.47. The van der Waals surface area contributed by atoms with E-state index in [2.05, 4.69) is 17.2 Å². The highest BCUT2D eigenvalue weighted by atomic mass is 16.2. The van der Waals surface area contributed by atoms with Crippen LogP contribution in [0, 0.1) is 0 Å². The number of nitrogens with one attached hydrogen (secondary N) is 2. The van der Waals surface area contributed by atoms with Gasteiger partial charge in [-0.15, -0.1) is 6.58 Å². The Morgan fingerprint density at radius 3 is 3.07 bits per heavy atom. The number of hydrogen-bond acceptors (Lipinski definition) is 3. The second-order valence-electron chi connectivity index (χ2n) is 3.68. The van der Waals surface area contributed by atoms with Gasteiger partial charge in [-0.1, -0.05) is 6.08 Å². The summed E-state index contributed by atoms with van der Waals surface area (Å²) in [7, 11) is 0. The van der Waals surface area contributed by atoms with Crippen molar-refractivity contribution in [1.82, 2.24) is 10.6 Å². The van der Waals surface area contributed by atoms with Gasteiger partial charge in [-0.05, 0) is 12.8 Å². The highest BCUT2D eigenvalue weighted by Gasteiger charge is 2.21. The lowest BCUT2D eigenvalue weighted by Gasteiger charge is -2.14. The van der Waals surface area contributed by atoms with Gasteiger partial charge in [0.25, 0.3) is 0 Å². The molecule has 0 aromatic heterocycles. The summed E-state index contributed by atoms with van der Waals surface area (Å²) < 4.78 is 0. The fourth-order valence-electron chi connectivity index (χ4n) is 1.47. The van der Waals surface area contributed by atoms with E-state index in [1.165, 1.54) is 0 Å². The predicted octanol–water partition coefficient (Wildman–Crippen LogP) is -0.715. The monoisotopic (exact) mass is 211 g/mol. The van der Waals surface area contributed by atoms with Crippen LogP contribution in [-0.4, -0.2) is 30.4 Å². The highest BCUT2D eigenvalue weighted by molar-refractivity contribution is 5.82. The average Bonchev–Trinajstić information content (AvgIpc) is 2.61. The first-order chi connectivity index (χ1) is 7.13. The third-order valence-corrected chi connectivity index (χ3v) is 2.37. The molecular weight excluding hydrogens is 194 g/mol. The molecule has 2 atom stereocenters. The minimum Gasteiger partial charge on any atom is -0.353 e. The molecule has 0 saturated carbocycles. The number of hydrogen-bond donors (Lipinski definition) is 3. The van der Waals surface area contributed by atoms with Crippen molar-refractivity contribution in [3.05, 3.63) is 12.7 Å². The number of carbonyl (C=O) groups is 2. The van der Waals surface area contributed by atoms with Crippen LogP contribution < -0.4 is 16.4 Å². The summed E-state index contributed by atoms with van der Waals surface area (Å²) in [6.07, 6.45) is 3.39. The van der Waals surface area contributed by atoms with E-state index in [0.717, 1.165) is 6.42 Å². The Morgan fingerprint density at radius 1 is 1.80 bits per heavy atom. The van der Waals surface area contributed by atoms with Gasteiger partial charge in [0.05, 0.1) is 6.04 Å². The van der Waals surface area contributed by atoms with Crippen molar-refractivity contribution >= 4 is 11.8 Å². The van der Waals surface area contributed by atoms with E-state index in [4.69, 9.17) is 5.73 Å². The molecule has 0 aromatic carbocycles. The first kappa shape index (κ1) is 11.7. The van der Waals surface area contributed by atoms with Gasteiger partial charge in [0, 0.05) is 19.0 Å². The molecule has 15 heavy (non-hydrogen) atoms. The Hall–Kier alpha value is -1.36. The van der Waals surface area contributed by atoms with Gasteiger partial charge >= 0.3 is 0 Å². The number of nitrogens with two attached hydrogens (primary N) is 1. The smallest absolute Gasteiger partial charge is 0.237 e. The van der Waals surface area contributed by atoms with Crippen LogP contribution in [0.1, 0.15) is 19.3 Å². The molecule has 2 unspecified atom stereocenters. The van der Waals surface area contributed by atoms with E-state index in [1.54, 1.807) is 6.08 Å². The normalized spacial score (nSPS) is 21.9. The molecule has 1 heterocycles. The molecule has 0 spiro atoms. The number of carbonyl (C=O) groups excluding carboxylic acids is 2. The summed E-state index contributed by atoms with van der Waals surface area (Å²) in [6.45, 7) is 3.97. The van der Waals surface area contributed by atoms with Crippen LogP contribution in [-0.2, 0) is 9.59 Å². The van der Waals surface area contributed by atoms with Crippen LogP contribution in [0.15, 0.2) is 12.7 Å². The first-order valence-corrected chi connectivity index (χ1v) is 5.07. The van der Waals surface area contributed by atoms with Gasteiger partial charge in [-0.2, -0.15) is 0 Å². The van der Waals surface area contributed by atoms with Crippen LogP contribution in [0.4, 0.5) is 0 Å². The zero-order valence-electron chi connectivity index (χ0n) is 8.66. The van der Waals surface area contributed by atoms with Crippen LogP contribution in [0.3, 0.4) is 0 Å². The molecule has 1 saturated heterocycles. The lowest BCUT2D eigenvalue weighted by atomic mass is 10.2. The third-order valence-electron chi connectivity index (χ3n) is 2.37. The summed E-state index contributed by atoms with van der Waals surface area (Å²) in [6, 6.07) is -0.489. The number of rotatable bonds is 5. The molecule has 4 N–H and O–H groups in total. The summed E-state index contributed by atoms with van der Waals surface area (Å²) in [5.74, 6) is -0.152. The van der Waals surface area contributed by atoms with Crippen molar-refractivity contribution in [1.29, 1.82) is 0 Å². The van der Waals surface area contributed by atoms with Crippen molar-refractivity contribution in [2.75, 3.05) is 6.54 Å². The van der Waals surface area contributed by atoms with E-state index in [9.17, 15) is 9.59 Å². The summed E-state index contributed by atoms with van der Waals surface area (Å²) in [5.41, 5.74) is 5.57. The first-order valence-electron chi connectivity index (χ1n) is 5.07. The molecule has 5 heteroatoms. The van der Waals surface area contributed by atoms with Crippen molar-refractivity contribution in [2.24, 2.45) is 5.73 Å². The molecule has 84 valence electrons. The second kappa shape index (κ2) is 5.50. The standard InChI is InChI=1S/C10H17N3O2/c1-2-3-8(11)10(15)12-6-7-4-5-9(14)13-7/h2,7-8H,1,3-6,11H2,(H,12,15)(H,13,14). The Kier molecular flexibility index (Phi) is 4.30. The Morgan fingerprint density at radius 2 is 2.53 bits per heavy atom. The second-order valence-corrected chi connectivity index (χ2v) is 3.68. The van der Waals surface area contributed by atoms with Gasteiger partial charge < -0.3 is 16.4 Å². The lowest BCUT2D eigenvalue weighted by Crippen LogP contribution is -2.45. The fraction of sp³-hybridized carbons (Fsp3) is 0.600. The minimum atomic E-state index is -0.542. The predicted molar refractivity (Wildman–Crippen MR) is 57.0 cm³/mol. The topological polar surface area (TPSA) is 84.2 Å². The van der Waals surface area contributed by atoms with Crippen LogP contribution in [0.5, 0.6) is 0 Å². The molecule has 0 bridgehead atoms. The Bertz CT molecular complexity index is 265. The molecule has 5 nitrogen and oxygen atoms in total. The van der Waals surface area contributed by atoms with Crippen LogP contribution >= 0.6 is 0 Å². The van der Waals surface area contributed by atoms with E-state index >= 15 is 0 Å². The summed E-state index contributed by atoms with van der Waals surface area (Å²) in [4.78, 5) is 22.2. The molecule has 1 aliphatic heterocycles. The largest absolute Gasteiger partial charge is 0.353 e. The van der Waals surface area contributed by atoms with E-state index in [-0.39, 0.29) is 17.9 Å². The zero-order valence-corrected chi connectivity index (χ0v) is 8.66. The highest BCUT2D eigenvalue weighted by Crippen LogP contribution is 2.04. The molecule has 1 rings (SSSR count). The quantitative estimate of drug-likeness (QED) is 0.525. The third kappa shape index (κ3) is 3.71. The molecule has 2 amide bonds. The van der Waals surface area contributed by atoms with E-state index < -0.39 is 6.04 Å². The SMILES string of the molecule is C=CCC(N)C(=O)NCC1CCC(=O)N1.